The van der Waals surface area contributed by atoms with Crippen molar-refractivity contribution in [2.75, 3.05) is 28.6 Å². The highest BCUT2D eigenvalue weighted by Gasteiger charge is 2.28. The molecule has 1 heterocycles. The minimum atomic E-state index is -3.67. The molecule has 1 aliphatic rings. The van der Waals surface area contributed by atoms with Gasteiger partial charge in [-0.2, -0.15) is 0 Å². The normalized spacial score (nSPS) is 13.6. The van der Waals surface area contributed by atoms with Crippen LogP contribution in [0.15, 0.2) is 42.5 Å². The fourth-order valence-corrected chi connectivity index (χ4v) is 3.98. The molecule has 8 heteroatoms. The van der Waals surface area contributed by atoms with Gasteiger partial charge in [0.15, 0.2) is 0 Å². The minimum Gasteiger partial charge on any atom is -0.310 e. The zero-order chi connectivity index (χ0) is 18.2. The fourth-order valence-electron chi connectivity index (χ4n) is 2.85. The van der Waals surface area contributed by atoms with Gasteiger partial charge in [-0.05, 0) is 36.2 Å². The van der Waals surface area contributed by atoms with E-state index >= 15 is 0 Å². The standard InChI is InChI=1S/C17H16Cl2N2O3S/c1-25(23,24)21(13-6-7-14(18)15(19)10-13)11-17(22)20-9-8-12-4-2-3-5-16(12)20/h2-7,10H,8-9,11H2,1H3. The first-order chi connectivity index (χ1) is 11.8. The van der Waals surface area contributed by atoms with Gasteiger partial charge in [0, 0.05) is 12.2 Å². The average Bonchev–Trinajstić information content (AvgIpc) is 2.98. The molecule has 132 valence electrons. The van der Waals surface area contributed by atoms with Crippen molar-refractivity contribution in [2.45, 2.75) is 6.42 Å². The van der Waals surface area contributed by atoms with Gasteiger partial charge >= 0.3 is 0 Å². The van der Waals surface area contributed by atoms with Crippen LogP contribution in [0.5, 0.6) is 0 Å². The maximum atomic E-state index is 12.8. The second-order valence-corrected chi connectivity index (χ2v) is 8.51. The number of carbonyl (C=O) groups is 1. The number of rotatable bonds is 4. The Balaban J connectivity index is 1.89. The number of anilines is 2. The maximum absolute atomic E-state index is 12.8. The highest BCUT2D eigenvalue weighted by atomic mass is 35.5. The van der Waals surface area contributed by atoms with Crippen molar-refractivity contribution in [2.24, 2.45) is 0 Å². The molecule has 0 bridgehead atoms. The Bertz CT molecular complexity index is 931. The second kappa shape index (κ2) is 6.86. The van der Waals surface area contributed by atoms with Gasteiger partial charge in [0.25, 0.3) is 0 Å². The van der Waals surface area contributed by atoms with E-state index in [4.69, 9.17) is 23.2 Å². The van der Waals surface area contributed by atoms with Crippen LogP contribution in [0.4, 0.5) is 11.4 Å². The van der Waals surface area contributed by atoms with Crippen LogP contribution in [0, 0.1) is 0 Å². The van der Waals surface area contributed by atoms with Crippen molar-refractivity contribution in [1.29, 1.82) is 0 Å². The molecule has 3 rings (SSSR count). The zero-order valence-electron chi connectivity index (χ0n) is 13.4. The molecule has 2 aromatic rings. The molecule has 0 atom stereocenters. The molecule has 0 aliphatic carbocycles. The summed E-state index contributed by atoms with van der Waals surface area (Å²) in [5.74, 6) is -0.290. The molecule has 2 aromatic carbocycles. The number of amides is 1. The SMILES string of the molecule is CS(=O)(=O)N(CC(=O)N1CCc2ccccc21)c1ccc(Cl)c(Cl)c1. The molecule has 25 heavy (non-hydrogen) atoms. The lowest BCUT2D eigenvalue weighted by Crippen LogP contribution is -2.42. The number of carbonyl (C=O) groups excluding carboxylic acids is 1. The van der Waals surface area contributed by atoms with Gasteiger partial charge in [0.1, 0.15) is 6.54 Å². The number of nitrogens with zero attached hydrogens (tertiary/aromatic N) is 2. The summed E-state index contributed by atoms with van der Waals surface area (Å²) < 4.78 is 25.4. The van der Waals surface area contributed by atoms with Gasteiger partial charge in [0.2, 0.25) is 15.9 Å². The Kier molecular flexibility index (Phi) is 4.95. The van der Waals surface area contributed by atoms with Crippen molar-refractivity contribution in [3.8, 4) is 0 Å². The minimum absolute atomic E-state index is 0.229. The molecule has 0 aromatic heterocycles. The molecular formula is C17H16Cl2N2O3S. The van der Waals surface area contributed by atoms with Gasteiger partial charge < -0.3 is 4.90 Å². The zero-order valence-corrected chi connectivity index (χ0v) is 15.8. The van der Waals surface area contributed by atoms with E-state index in [1.54, 1.807) is 4.90 Å². The first kappa shape index (κ1) is 18.0. The lowest BCUT2D eigenvalue weighted by atomic mass is 10.2. The van der Waals surface area contributed by atoms with Gasteiger partial charge in [-0.3, -0.25) is 9.10 Å². The van der Waals surface area contributed by atoms with Crippen molar-refractivity contribution < 1.29 is 13.2 Å². The highest BCUT2D eigenvalue weighted by Crippen LogP contribution is 2.30. The molecule has 0 spiro atoms. The molecule has 0 unspecified atom stereocenters. The third-order valence-corrected chi connectivity index (χ3v) is 5.94. The summed E-state index contributed by atoms with van der Waals surface area (Å²) in [6.45, 7) is 0.238. The van der Waals surface area contributed by atoms with E-state index in [1.165, 1.54) is 18.2 Å². The number of fused-ring (bicyclic) bond motifs is 1. The van der Waals surface area contributed by atoms with E-state index in [2.05, 4.69) is 0 Å². The average molecular weight is 399 g/mol. The van der Waals surface area contributed by atoms with Gasteiger partial charge in [-0.1, -0.05) is 41.4 Å². The molecule has 1 aliphatic heterocycles. The van der Waals surface area contributed by atoms with E-state index in [1.807, 2.05) is 24.3 Å². The van der Waals surface area contributed by atoms with Gasteiger partial charge in [0.05, 0.1) is 22.0 Å². The van der Waals surface area contributed by atoms with Gasteiger partial charge in [-0.15, -0.1) is 0 Å². The predicted molar refractivity (Wildman–Crippen MR) is 101 cm³/mol. The van der Waals surface area contributed by atoms with Crippen LogP contribution in [-0.2, 0) is 21.2 Å². The van der Waals surface area contributed by atoms with E-state index in [-0.39, 0.29) is 17.5 Å². The largest absolute Gasteiger partial charge is 0.310 e. The highest BCUT2D eigenvalue weighted by molar-refractivity contribution is 7.92. The first-order valence-electron chi connectivity index (χ1n) is 7.58. The van der Waals surface area contributed by atoms with E-state index in [9.17, 15) is 13.2 Å². The summed E-state index contributed by atoms with van der Waals surface area (Å²) in [5.41, 5.74) is 2.21. The Hall–Kier alpha value is -1.76. The number of halogens is 2. The molecule has 0 radical (unpaired) electrons. The van der Waals surface area contributed by atoms with Crippen LogP contribution < -0.4 is 9.21 Å². The molecule has 5 nitrogen and oxygen atoms in total. The maximum Gasteiger partial charge on any atom is 0.247 e. The summed E-state index contributed by atoms with van der Waals surface area (Å²) in [7, 11) is -3.67. The van der Waals surface area contributed by atoms with Gasteiger partial charge in [-0.25, -0.2) is 8.42 Å². The first-order valence-corrected chi connectivity index (χ1v) is 10.2. The van der Waals surface area contributed by atoms with E-state index < -0.39 is 10.0 Å². The smallest absolute Gasteiger partial charge is 0.247 e. The Morgan fingerprint density at radius 3 is 2.56 bits per heavy atom. The molecule has 0 fully saturated rings. The number of hydrogen-bond donors (Lipinski definition) is 0. The summed E-state index contributed by atoms with van der Waals surface area (Å²) in [5, 5.41) is 0.547. The van der Waals surface area contributed by atoms with Crippen molar-refractivity contribution in [3.63, 3.8) is 0 Å². The molecule has 0 saturated carbocycles. The monoisotopic (exact) mass is 398 g/mol. The van der Waals surface area contributed by atoms with Crippen molar-refractivity contribution in [3.05, 3.63) is 58.1 Å². The van der Waals surface area contributed by atoms with Crippen LogP contribution in [0.25, 0.3) is 0 Å². The number of hydrogen-bond acceptors (Lipinski definition) is 3. The van der Waals surface area contributed by atoms with Crippen LogP contribution in [-0.4, -0.2) is 33.7 Å². The third kappa shape index (κ3) is 3.76. The summed E-state index contributed by atoms with van der Waals surface area (Å²) >= 11 is 11.9. The molecular weight excluding hydrogens is 383 g/mol. The second-order valence-electron chi connectivity index (χ2n) is 5.79. The lowest BCUT2D eigenvalue weighted by Gasteiger charge is -2.25. The predicted octanol–water partition coefficient (Wildman–Crippen LogP) is 3.35. The fraction of sp³-hybridized carbons (Fsp3) is 0.235. The van der Waals surface area contributed by atoms with E-state index in [0.717, 1.165) is 28.2 Å². The van der Waals surface area contributed by atoms with Crippen molar-refractivity contribution in [1.82, 2.24) is 0 Å². The van der Waals surface area contributed by atoms with Crippen LogP contribution in [0.2, 0.25) is 10.0 Å². The summed E-state index contributed by atoms with van der Waals surface area (Å²) in [6, 6.07) is 12.1. The van der Waals surface area contributed by atoms with Crippen LogP contribution >= 0.6 is 23.2 Å². The lowest BCUT2D eigenvalue weighted by molar-refractivity contribution is -0.117. The van der Waals surface area contributed by atoms with Crippen LogP contribution in [0.1, 0.15) is 5.56 Å². The Labute approximate surface area is 156 Å². The molecule has 0 N–H and O–H groups in total. The summed E-state index contributed by atoms with van der Waals surface area (Å²) in [6.07, 6.45) is 1.81. The topological polar surface area (TPSA) is 57.7 Å². The van der Waals surface area contributed by atoms with Crippen LogP contribution in [0.3, 0.4) is 0 Å². The number of benzene rings is 2. The quantitative estimate of drug-likeness (QED) is 0.793. The third-order valence-electron chi connectivity index (χ3n) is 4.06. The Morgan fingerprint density at radius 1 is 1.16 bits per heavy atom. The molecule has 1 amide bonds. The number of para-hydroxylation sites is 1. The number of sulfonamides is 1. The molecule has 0 saturated heterocycles. The van der Waals surface area contributed by atoms with Crippen molar-refractivity contribution >= 4 is 50.5 Å². The Morgan fingerprint density at radius 2 is 1.88 bits per heavy atom. The summed E-state index contributed by atoms with van der Waals surface area (Å²) in [4.78, 5) is 14.4. The van der Waals surface area contributed by atoms with E-state index in [0.29, 0.717) is 17.3 Å².